The van der Waals surface area contributed by atoms with Crippen molar-refractivity contribution in [2.45, 2.75) is 25.2 Å². The highest BCUT2D eigenvalue weighted by atomic mass is 19.4. The third-order valence-corrected chi connectivity index (χ3v) is 4.33. The molecule has 0 aliphatic heterocycles. The summed E-state index contributed by atoms with van der Waals surface area (Å²) in [6.45, 7) is 0.489. The van der Waals surface area contributed by atoms with E-state index in [0.717, 1.165) is 17.7 Å². The van der Waals surface area contributed by atoms with Crippen LogP contribution in [0, 0.1) is 0 Å². The molecule has 1 aromatic heterocycles. The first kappa shape index (κ1) is 20.0. The van der Waals surface area contributed by atoms with Crippen LogP contribution in [-0.2, 0) is 12.7 Å². The lowest BCUT2D eigenvalue weighted by molar-refractivity contribution is -0.137. The summed E-state index contributed by atoms with van der Waals surface area (Å²) in [5, 5.41) is 12.7. The van der Waals surface area contributed by atoms with Crippen LogP contribution in [-0.4, -0.2) is 21.7 Å². The van der Waals surface area contributed by atoms with Gasteiger partial charge in [-0.2, -0.15) is 13.2 Å². The quantitative estimate of drug-likeness (QED) is 0.632. The molecule has 0 amide bonds. The molecule has 0 unspecified atom stereocenters. The molecule has 0 saturated heterocycles. The van der Waals surface area contributed by atoms with Crippen molar-refractivity contribution >= 4 is 0 Å². The molecule has 0 fully saturated rings. The molecule has 3 aromatic rings. The molecule has 7 heteroatoms. The number of benzene rings is 2. The molecule has 2 N–H and O–H groups in total. The highest BCUT2D eigenvalue weighted by Gasteiger charge is 2.30. The third kappa shape index (κ3) is 5.15. The summed E-state index contributed by atoms with van der Waals surface area (Å²) in [5.74, 6) is 0.367. The number of nitrogens with one attached hydrogen (secondary N) is 1. The van der Waals surface area contributed by atoms with E-state index in [1.54, 1.807) is 12.3 Å². The number of nitrogens with zero attached hydrogens (tertiary/aromatic N) is 2. The fourth-order valence-electron chi connectivity index (χ4n) is 2.87. The minimum atomic E-state index is -4.37. The summed E-state index contributed by atoms with van der Waals surface area (Å²) in [4.78, 5) is 8.61. The highest BCUT2D eigenvalue weighted by molar-refractivity contribution is 5.55. The van der Waals surface area contributed by atoms with Crippen molar-refractivity contribution in [1.29, 1.82) is 0 Å². The Kier molecular flexibility index (Phi) is 6.38. The Bertz CT molecular complexity index is 883. The van der Waals surface area contributed by atoms with E-state index < -0.39 is 11.7 Å². The second kappa shape index (κ2) is 8.95. The monoisotopic (exact) mass is 387 g/mol. The first-order valence-corrected chi connectivity index (χ1v) is 8.86. The van der Waals surface area contributed by atoms with E-state index in [4.69, 9.17) is 0 Å². The van der Waals surface area contributed by atoms with Gasteiger partial charge >= 0.3 is 6.18 Å². The summed E-state index contributed by atoms with van der Waals surface area (Å²) in [7, 11) is 0. The van der Waals surface area contributed by atoms with Crippen molar-refractivity contribution in [3.8, 4) is 11.4 Å². The molecular weight excluding hydrogens is 367 g/mol. The van der Waals surface area contributed by atoms with Gasteiger partial charge in [-0.3, -0.25) is 0 Å². The Morgan fingerprint density at radius 2 is 1.68 bits per heavy atom. The average molecular weight is 387 g/mol. The summed E-state index contributed by atoms with van der Waals surface area (Å²) >= 11 is 0. The number of hydrogen-bond acceptors (Lipinski definition) is 4. The van der Waals surface area contributed by atoms with Crippen LogP contribution in [0.5, 0.6) is 0 Å². The van der Waals surface area contributed by atoms with Crippen molar-refractivity contribution in [2.75, 3.05) is 6.61 Å². The Morgan fingerprint density at radius 1 is 0.964 bits per heavy atom. The van der Waals surface area contributed by atoms with Gasteiger partial charge in [-0.15, -0.1) is 0 Å². The van der Waals surface area contributed by atoms with Crippen molar-refractivity contribution < 1.29 is 18.3 Å². The van der Waals surface area contributed by atoms with Crippen LogP contribution in [0.1, 0.15) is 29.3 Å². The largest absolute Gasteiger partial charge is 0.416 e. The maximum Gasteiger partial charge on any atom is 0.416 e. The number of hydrogen-bond donors (Lipinski definition) is 2. The van der Waals surface area contributed by atoms with E-state index in [-0.39, 0.29) is 12.6 Å². The van der Waals surface area contributed by atoms with Crippen LogP contribution >= 0.6 is 0 Å². The van der Waals surface area contributed by atoms with Gasteiger partial charge in [-0.05, 0) is 30.2 Å². The molecule has 28 heavy (non-hydrogen) atoms. The average Bonchev–Trinajstić information content (AvgIpc) is 2.71. The standard InChI is InChI=1S/C21H20F3N3O/c22-21(23,24)17-8-6-16(7-9-17)20-25-12-10-18(27-20)14-26-19(11-13-28)15-4-2-1-3-5-15/h1-10,12,19,26,28H,11,13-14H2/t19-/m0/s1. The van der Waals surface area contributed by atoms with E-state index >= 15 is 0 Å². The maximum atomic E-state index is 12.7. The molecule has 0 spiro atoms. The summed E-state index contributed by atoms with van der Waals surface area (Å²) in [6, 6.07) is 16.3. The molecule has 0 saturated carbocycles. The Morgan fingerprint density at radius 3 is 2.32 bits per heavy atom. The van der Waals surface area contributed by atoms with E-state index in [2.05, 4.69) is 15.3 Å². The molecule has 4 nitrogen and oxygen atoms in total. The van der Waals surface area contributed by atoms with Crippen LogP contribution in [0.25, 0.3) is 11.4 Å². The molecule has 1 atom stereocenters. The van der Waals surface area contributed by atoms with Gasteiger partial charge in [-0.1, -0.05) is 42.5 Å². The van der Waals surface area contributed by atoms with Gasteiger partial charge < -0.3 is 10.4 Å². The van der Waals surface area contributed by atoms with Crippen LogP contribution in [0.3, 0.4) is 0 Å². The van der Waals surface area contributed by atoms with Crippen molar-refractivity contribution in [2.24, 2.45) is 0 Å². The number of alkyl halides is 3. The van der Waals surface area contributed by atoms with E-state index in [9.17, 15) is 18.3 Å². The minimum absolute atomic E-state index is 0.0318. The van der Waals surface area contributed by atoms with Crippen LogP contribution in [0.4, 0.5) is 13.2 Å². The van der Waals surface area contributed by atoms with Crippen molar-refractivity contribution in [3.05, 3.63) is 83.7 Å². The topological polar surface area (TPSA) is 58.0 Å². The van der Waals surface area contributed by atoms with Gasteiger partial charge in [-0.25, -0.2) is 9.97 Å². The van der Waals surface area contributed by atoms with Crippen molar-refractivity contribution in [1.82, 2.24) is 15.3 Å². The smallest absolute Gasteiger partial charge is 0.396 e. The van der Waals surface area contributed by atoms with E-state index in [0.29, 0.717) is 30.0 Å². The molecule has 3 rings (SSSR count). The summed E-state index contributed by atoms with van der Waals surface area (Å²) < 4.78 is 38.1. The normalized spacial score (nSPS) is 12.7. The first-order chi connectivity index (χ1) is 13.5. The SMILES string of the molecule is OCC[C@H](NCc1ccnc(-c2ccc(C(F)(F)F)cc2)n1)c1ccccc1. The van der Waals surface area contributed by atoms with Gasteiger partial charge in [0.1, 0.15) is 0 Å². The summed E-state index contributed by atoms with van der Waals surface area (Å²) in [5.41, 5.74) is 1.59. The van der Waals surface area contributed by atoms with Crippen LogP contribution < -0.4 is 5.32 Å². The summed E-state index contributed by atoms with van der Waals surface area (Å²) in [6.07, 6.45) is -2.23. The lowest BCUT2D eigenvalue weighted by atomic mass is 10.0. The minimum Gasteiger partial charge on any atom is -0.396 e. The van der Waals surface area contributed by atoms with Crippen molar-refractivity contribution in [3.63, 3.8) is 0 Å². The number of aliphatic hydroxyl groups is 1. The van der Waals surface area contributed by atoms with E-state index in [1.165, 1.54) is 12.1 Å². The molecule has 0 bridgehead atoms. The zero-order valence-electron chi connectivity index (χ0n) is 15.0. The first-order valence-electron chi connectivity index (χ1n) is 8.86. The number of aromatic nitrogens is 2. The Hall–Kier alpha value is -2.77. The van der Waals surface area contributed by atoms with Crippen LogP contribution in [0.15, 0.2) is 66.9 Å². The Labute approximate surface area is 161 Å². The molecule has 146 valence electrons. The molecule has 1 heterocycles. The molecule has 0 radical (unpaired) electrons. The lowest BCUT2D eigenvalue weighted by Gasteiger charge is -2.18. The van der Waals surface area contributed by atoms with Gasteiger partial charge in [0, 0.05) is 31.0 Å². The van der Waals surface area contributed by atoms with Gasteiger partial charge in [0.25, 0.3) is 0 Å². The molecule has 0 aliphatic rings. The second-order valence-electron chi connectivity index (χ2n) is 6.30. The third-order valence-electron chi connectivity index (χ3n) is 4.33. The molecule has 0 aliphatic carbocycles. The number of aliphatic hydroxyl groups excluding tert-OH is 1. The molecule has 2 aromatic carbocycles. The molecular formula is C21H20F3N3O. The zero-order chi connectivity index (χ0) is 20.0. The van der Waals surface area contributed by atoms with Crippen LogP contribution in [0.2, 0.25) is 0 Å². The number of halogens is 3. The fourth-order valence-corrected chi connectivity index (χ4v) is 2.87. The fraction of sp³-hybridized carbons (Fsp3) is 0.238. The predicted molar refractivity (Wildman–Crippen MR) is 100 cm³/mol. The number of rotatable bonds is 7. The maximum absolute atomic E-state index is 12.7. The lowest BCUT2D eigenvalue weighted by Crippen LogP contribution is -2.22. The zero-order valence-corrected chi connectivity index (χ0v) is 15.0. The van der Waals surface area contributed by atoms with E-state index in [1.807, 2.05) is 30.3 Å². The predicted octanol–water partition coefficient (Wildman–Crippen LogP) is 4.38. The van der Waals surface area contributed by atoms with Gasteiger partial charge in [0.2, 0.25) is 0 Å². The van der Waals surface area contributed by atoms with Gasteiger partial charge in [0.05, 0.1) is 11.3 Å². The second-order valence-corrected chi connectivity index (χ2v) is 6.30. The van der Waals surface area contributed by atoms with Gasteiger partial charge in [0.15, 0.2) is 5.82 Å². The highest BCUT2D eigenvalue weighted by Crippen LogP contribution is 2.30. The Balaban J connectivity index is 1.72.